The number of benzene rings is 1. The van der Waals surface area contributed by atoms with Crippen LogP contribution in [-0.2, 0) is 22.4 Å². The second-order valence-electron chi connectivity index (χ2n) is 4.59. The summed E-state index contributed by atoms with van der Waals surface area (Å²) in [6, 6.07) is 5.09. The van der Waals surface area contributed by atoms with Crippen molar-refractivity contribution in [2.24, 2.45) is 0 Å². The Balaban J connectivity index is 2.04. The third kappa shape index (κ3) is 4.68. The van der Waals surface area contributed by atoms with Gasteiger partial charge in [0.1, 0.15) is 16.5 Å². The van der Waals surface area contributed by atoms with Crippen molar-refractivity contribution in [2.75, 3.05) is 19.5 Å². The molecule has 1 amide bonds. The number of amides is 1. The van der Waals surface area contributed by atoms with E-state index in [0.29, 0.717) is 27.9 Å². The maximum Gasteiger partial charge on any atom is 0.309 e. The van der Waals surface area contributed by atoms with E-state index >= 15 is 0 Å². The lowest BCUT2D eigenvalue weighted by Crippen LogP contribution is -2.15. The van der Waals surface area contributed by atoms with Gasteiger partial charge in [-0.15, -0.1) is 11.3 Å². The molecule has 2 aromatic rings. The first-order chi connectivity index (χ1) is 11.0. The van der Waals surface area contributed by atoms with Gasteiger partial charge >= 0.3 is 5.97 Å². The van der Waals surface area contributed by atoms with Crippen LogP contribution in [0.2, 0.25) is 0 Å². The maximum atomic E-state index is 12.1. The Morgan fingerprint density at radius 3 is 2.70 bits per heavy atom. The maximum absolute atomic E-state index is 12.1. The van der Waals surface area contributed by atoms with Gasteiger partial charge in [0.25, 0.3) is 0 Å². The number of hydrogen-bond donors (Lipinski definition) is 2. The third-order valence-corrected chi connectivity index (χ3v) is 3.82. The fourth-order valence-corrected chi connectivity index (χ4v) is 2.70. The number of thiazole rings is 1. The highest BCUT2D eigenvalue weighted by atomic mass is 32.1. The molecule has 0 aliphatic heterocycles. The topological polar surface area (TPSA) is 97.8 Å². The van der Waals surface area contributed by atoms with Gasteiger partial charge in [-0.05, 0) is 12.1 Å². The van der Waals surface area contributed by atoms with Crippen LogP contribution < -0.4 is 14.8 Å². The molecule has 0 fully saturated rings. The first-order valence-electron chi connectivity index (χ1n) is 6.68. The molecule has 0 atom stereocenters. The molecule has 0 spiro atoms. The number of aliphatic carboxylic acids is 1. The molecule has 0 bridgehead atoms. The number of nitrogens with zero attached hydrogens (tertiary/aromatic N) is 1. The zero-order chi connectivity index (χ0) is 16.8. The van der Waals surface area contributed by atoms with Crippen LogP contribution in [0.5, 0.6) is 11.5 Å². The monoisotopic (exact) mass is 336 g/mol. The van der Waals surface area contributed by atoms with Crippen LogP contribution in [0.3, 0.4) is 0 Å². The van der Waals surface area contributed by atoms with Gasteiger partial charge in [0.05, 0.1) is 38.4 Å². The van der Waals surface area contributed by atoms with Crippen LogP contribution in [0.4, 0.5) is 5.69 Å². The van der Waals surface area contributed by atoms with Gasteiger partial charge in [0.2, 0.25) is 5.91 Å². The number of carbonyl (C=O) groups is 2. The minimum Gasteiger partial charge on any atom is -0.497 e. The van der Waals surface area contributed by atoms with Crippen LogP contribution in [0.15, 0.2) is 23.6 Å². The van der Waals surface area contributed by atoms with Crippen LogP contribution in [0.25, 0.3) is 0 Å². The Labute approximate surface area is 136 Å². The second-order valence-corrected chi connectivity index (χ2v) is 5.54. The summed E-state index contributed by atoms with van der Waals surface area (Å²) in [6.07, 6.45) is -0.0908. The highest BCUT2D eigenvalue weighted by molar-refractivity contribution is 7.09. The Morgan fingerprint density at radius 2 is 2.04 bits per heavy atom. The molecule has 1 heterocycles. The molecule has 7 nitrogen and oxygen atoms in total. The van der Waals surface area contributed by atoms with E-state index in [1.54, 1.807) is 23.6 Å². The number of carboxylic acid groups (broad SMARTS) is 1. The fourth-order valence-electron chi connectivity index (χ4n) is 1.91. The predicted octanol–water partition coefficient (Wildman–Crippen LogP) is 1.97. The molecule has 0 unspecified atom stereocenters. The van der Waals surface area contributed by atoms with Gasteiger partial charge < -0.3 is 19.9 Å². The molecule has 1 aromatic heterocycles. The molecule has 0 radical (unpaired) electrons. The molecule has 23 heavy (non-hydrogen) atoms. The lowest BCUT2D eigenvalue weighted by atomic mass is 10.2. The molecule has 0 saturated carbocycles. The molecule has 0 aliphatic carbocycles. The Kier molecular flexibility index (Phi) is 5.53. The van der Waals surface area contributed by atoms with Crippen LogP contribution in [0, 0.1) is 0 Å². The standard InChI is InChI=1S/C15H16N2O5S/c1-21-10-3-4-12(22-2)11(6-10)17-13(18)7-14-16-9(8-23-14)5-15(19)20/h3-4,6,8H,5,7H2,1-2H3,(H,17,18)(H,19,20). The van der Waals surface area contributed by atoms with Crippen molar-refractivity contribution in [3.05, 3.63) is 34.3 Å². The van der Waals surface area contributed by atoms with Crippen molar-refractivity contribution in [1.29, 1.82) is 0 Å². The van der Waals surface area contributed by atoms with E-state index in [9.17, 15) is 9.59 Å². The number of rotatable bonds is 7. The van der Waals surface area contributed by atoms with Gasteiger partial charge in [-0.25, -0.2) is 4.98 Å². The van der Waals surface area contributed by atoms with Crippen LogP contribution in [-0.4, -0.2) is 36.2 Å². The number of anilines is 1. The number of hydrogen-bond acceptors (Lipinski definition) is 6. The van der Waals surface area contributed by atoms with Crippen molar-refractivity contribution >= 4 is 28.9 Å². The second kappa shape index (κ2) is 7.59. The van der Waals surface area contributed by atoms with Crippen molar-refractivity contribution in [1.82, 2.24) is 4.98 Å². The predicted molar refractivity (Wildman–Crippen MR) is 85.3 cm³/mol. The molecular formula is C15H16N2O5S. The minimum atomic E-state index is -0.951. The zero-order valence-electron chi connectivity index (χ0n) is 12.7. The average Bonchev–Trinajstić information content (AvgIpc) is 2.93. The van der Waals surface area contributed by atoms with Gasteiger partial charge in [0.15, 0.2) is 0 Å². The summed E-state index contributed by atoms with van der Waals surface area (Å²) in [5.41, 5.74) is 0.948. The van der Waals surface area contributed by atoms with E-state index < -0.39 is 5.97 Å². The van der Waals surface area contributed by atoms with Crippen molar-refractivity contribution in [3.63, 3.8) is 0 Å². The van der Waals surface area contributed by atoms with Gasteiger partial charge in [-0.1, -0.05) is 0 Å². The largest absolute Gasteiger partial charge is 0.497 e. The van der Waals surface area contributed by atoms with E-state index in [-0.39, 0.29) is 18.7 Å². The number of carbonyl (C=O) groups excluding carboxylic acids is 1. The summed E-state index contributed by atoms with van der Waals surface area (Å²) in [7, 11) is 3.05. The zero-order valence-corrected chi connectivity index (χ0v) is 13.5. The van der Waals surface area contributed by atoms with Crippen molar-refractivity contribution in [2.45, 2.75) is 12.8 Å². The van der Waals surface area contributed by atoms with Crippen LogP contribution in [0.1, 0.15) is 10.7 Å². The van der Waals surface area contributed by atoms with Gasteiger partial charge in [0, 0.05) is 11.4 Å². The van der Waals surface area contributed by atoms with Gasteiger partial charge in [-0.3, -0.25) is 9.59 Å². The van der Waals surface area contributed by atoms with E-state index in [1.807, 2.05) is 0 Å². The lowest BCUT2D eigenvalue weighted by Gasteiger charge is -2.11. The average molecular weight is 336 g/mol. The lowest BCUT2D eigenvalue weighted by molar-refractivity contribution is -0.136. The van der Waals surface area contributed by atoms with E-state index in [4.69, 9.17) is 14.6 Å². The highest BCUT2D eigenvalue weighted by Gasteiger charge is 2.13. The smallest absolute Gasteiger partial charge is 0.309 e. The first kappa shape index (κ1) is 16.8. The SMILES string of the molecule is COc1ccc(OC)c(NC(=O)Cc2nc(CC(=O)O)cs2)c1. The molecule has 8 heteroatoms. The minimum absolute atomic E-state index is 0.0602. The Hall–Kier alpha value is -2.61. The fraction of sp³-hybridized carbons (Fsp3) is 0.267. The van der Waals surface area contributed by atoms with E-state index in [2.05, 4.69) is 10.3 Å². The molecule has 2 rings (SSSR count). The number of aromatic nitrogens is 1. The third-order valence-electron chi connectivity index (χ3n) is 2.92. The number of carboxylic acids is 1. The van der Waals surface area contributed by atoms with Crippen LogP contribution >= 0.6 is 11.3 Å². The Morgan fingerprint density at radius 1 is 1.26 bits per heavy atom. The van der Waals surface area contributed by atoms with Gasteiger partial charge in [-0.2, -0.15) is 0 Å². The first-order valence-corrected chi connectivity index (χ1v) is 7.56. The molecule has 1 aromatic carbocycles. The number of nitrogens with one attached hydrogen (secondary N) is 1. The normalized spacial score (nSPS) is 10.2. The quantitative estimate of drug-likeness (QED) is 0.802. The molecule has 0 saturated heterocycles. The number of methoxy groups -OCH3 is 2. The summed E-state index contributed by atoms with van der Waals surface area (Å²) in [6.45, 7) is 0. The van der Waals surface area contributed by atoms with Crippen molar-refractivity contribution < 1.29 is 24.2 Å². The number of ether oxygens (including phenoxy) is 2. The van der Waals surface area contributed by atoms with E-state index in [0.717, 1.165) is 0 Å². The van der Waals surface area contributed by atoms with E-state index in [1.165, 1.54) is 25.6 Å². The summed E-state index contributed by atoms with van der Waals surface area (Å²) in [4.78, 5) is 26.9. The summed E-state index contributed by atoms with van der Waals surface area (Å²) >= 11 is 1.26. The van der Waals surface area contributed by atoms with Crippen molar-refractivity contribution in [3.8, 4) is 11.5 Å². The molecule has 0 aliphatic rings. The highest BCUT2D eigenvalue weighted by Crippen LogP contribution is 2.29. The summed E-state index contributed by atoms with van der Waals surface area (Å²) in [5.74, 6) is -0.107. The molecular weight excluding hydrogens is 320 g/mol. The summed E-state index contributed by atoms with van der Waals surface area (Å²) in [5, 5.41) is 13.7. The Bertz CT molecular complexity index is 714. The molecule has 122 valence electrons. The molecule has 2 N–H and O–H groups in total. The summed E-state index contributed by atoms with van der Waals surface area (Å²) < 4.78 is 10.3.